The molecule has 2 aromatic carbocycles. The van der Waals surface area contributed by atoms with E-state index in [0.717, 1.165) is 44.9 Å². The second-order valence-corrected chi connectivity index (χ2v) is 9.03. The van der Waals surface area contributed by atoms with E-state index in [2.05, 4.69) is 41.0 Å². The summed E-state index contributed by atoms with van der Waals surface area (Å²) >= 11 is 0. The molecule has 0 bridgehead atoms. The van der Waals surface area contributed by atoms with Crippen LogP contribution >= 0.6 is 0 Å². The van der Waals surface area contributed by atoms with E-state index >= 15 is 0 Å². The van der Waals surface area contributed by atoms with Gasteiger partial charge in [0.2, 0.25) is 0 Å². The Bertz CT molecular complexity index is 896. The number of fused-ring (bicyclic) bond motifs is 2. The Hall–Kier alpha value is -2.37. The number of ether oxygens (including phenoxy) is 1. The predicted molar refractivity (Wildman–Crippen MR) is 120 cm³/mol. The third-order valence-electron chi connectivity index (χ3n) is 5.99. The van der Waals surface area contributed by atoms with Crippen molar-refractivity contribution in [3.05, 3.63) is 64.7 Å². The quantitative estimate of drug-likeness (QED) is 0.736. The van der Waals surface area contributed by atoms with Crippen LogP contribution in [0.3, 0.4) is 0 Å². The predicted octanol–water partition coefficient (Wildman–Crippen LogP) is 3.28. The second kappa shape index (κ2) is 9.19. The Morgan fingerprint density at radius 1 is 1.07 bits per heavy atom. The molecule has 4 rings (SSSR count). The van der Waals surface area contributed by atoms with Gasteiger partial charge in [0, 0.05) is 32.7 Å². The van der Waals surface area contributed by atoms with Crippen LogP contribution in [-0.2, 0) is 19.5 Å². The fourth-order valence-corrected chi connectivity index (χ4v) is 4.62. The Labute approximate surface area is 180 Å². The van der Waals surface area contributed by atoms with E-state index in [1.807, 2.05) is 37.2 Å². The Balaban J connectivity index is 1.38. The van der Waals surface area contributed by atoms with E-state index in [9.17, 15) is 4.79 Å². The van der Waals surface area contributed by atoms with Gasteiger partial charge in [0.15, 0.2) is 0 Å². The third-order valence-corrected chi connectivity index (χ3v) is 5.99. The topological polar surface area (TPSA) is 36.0 Å². The summed E-state index contributed by atoms with van der Waals surface area (Å²) in [5.74, 6) is 1.23. The zero-order valence-electron chi connectivity index (χ0n) is 18.4. The largest absolute Gasteiger partial charge is 0.491 e. The van der Waals surface area contributed by atoms with Crippen LogP contribution in [0.5, 0.6) is 5.75 Å². The maximum absolute atomic E-state index is 13.2. The highest BCUT2D eigenvalue weighted by Gasteiger charge is 2.26. The Kier molecular flexibility index (Phi) is 6.40. The standard InChI is InChI=1S/C25H33N3O2/c1-19(15-27-11-10-21-6-4-5-7-22(21)18-27)16-28-12-13-30-24-14-20(17-26(2)3)8-9-23(24)25(28)29/h4-9,14,19H,10-13,15-18H2,1-3H3/t19-/m1/s1. The normalized spacial score (nSPS) is 17.9. The van der Waals surface area contributed by atoms with Crippen LogP contribution in [0.4, 0.5) is 0 Å². The van der Waals surface area contributed by atoms with Crippen molar-refractivity contribution >= 4 is 5.91 Å². The first kappa shape index (κ1) is 20.9. The van der Waals surface area contributed by atoms with Gasteiger partial charge in [-0.15, -0.1) is 0 Å². The lowest BCUT2D eigenvalue weighted by Gasteiger charge is -2.32. The highest BCUT2D eigenvalue weighted by atomic mass is 16.5. The van der Waals surface area contributed by atoms with E-state index in [0.29, 0.717) is 24.6 Å². The molecule has 2 aliphatic heterocycles. The summed E-state index contributed by atoms with van der Waals surface area (Å²) in [4.78, 5) is 19.8. The van der Waals surface area contributed by atoms with E-state index in [1.54, 1.807) is 0 Å². The highest BCUT2D eigenvalue weighted by Crippen LogP contribution is 2.26. The van der Waals surface area contributed by atoms with Crippen LogP contribution in [0, 0.1) is 5.92 Å². The maximum atomic E-state index is 13.2. The van der Waals surface area contributed by atoms with Gasteiger partial charge in [-0.25, -0.2) is 0 Å². The molecule has 0 saturated heterocycles. The van der Waals surface area contributed by atoms with Crippen LogP contribution in [0.2, 0.25) is 0 Å². The van der Waals surface area contributed by atoms with Crippen LogP contribution < -0.4 is 4.74 Å². The highest BCUT2D eigenvalue weighted by molar-refractivity contribution is 5.97. The fraction of sp³-hybridized carbons (Fsp3) is 0.480. The lowest BCUT2D eigenvalue weighted by molar-refractivity contribution is 0.0713. The zero-order valence-corrected chi connectivity index (χ0v) is 18.4. The minimum atomic E-state index is 0.0924. The number of rotatable bonds is 6. The molecule has 0 N–H and O–H groups in total. The number of benzene rings is 2. The summed E-state index contributed by atoms with van der Waals surface area (Å²) in [5, 5.41) is 0. The lowest BCUT2D eigenvalue weighted by atomic mass is 9.99. The van der Waals surface area contributed by atoms with E-state index < -0.39 is 0 Å². The van der Waals surface area contributed by atoms with Gasteiger partial charge in [0.25, 0.3) is 5.91 Å². The van der Waals surface area contributed by atoms with Gasteiger partial charge < -0.3 is 14.5 Å². The SMILES string of the molecule is C[C@H](CN1CCc2ccccc2C1)CN1CCOc2cc(CN(C)C)ccc2C1=O. The Morgan fingerprint density at radius 2 is 1.87 bits per heavy atom. The molecule has 2 heterocycles. The number of amides is 1. The molecular formula is C25H33N3O2. The molecule has 0 spiro atoms. The minimum Gasteiger partial charge on any atom is -0.491 e. The molecular weight excluding hydrogens is 374 g/mol. The van der Waals surface area contributed by atoms with Gasteiger partial charge in [-0.05, 0) is 55.3 Å². The first-order valence-electron chi connectivity index (χ1n) is 11.0. The number of nitrogens with zero attached hydrogens (tertiary/aromatic N) is 3. The molecule has 5 nitrogen and oxygen atoms in total. The van der Waals surface area contributed by atoms with E-state index in [1.165, 1.54) is 16.7 Å². The molecule has 1 amide bonds. The second-order valence-electron chi connectivity index (χ2n) is 9.03. The first-order chi connectivity index (χ1) is 14.5. The summed E-state index contributed by atoms with van der Waals surface area (Å²) < 4.78 is 5.95. The molecule has 160 valence electrons. The number of carbonyl (C=O) groups excluding carboxylic acids is 1. The summed E-state index contributed by atoms with van der Waals surface area (Å²) in [5.41, 5.74) is 4.77. The molecule has 2 aliphatic rings. The molecule has 0 radical (unpaired) electrons. The summed E-state index contributed by atoms with van der Waals surface area (Å²) in [6.07, 6.45) is 1.11. The van der Waals surface area contributed by atoms with Crippen molar-refractivity contribution in [3.63, 3.8) is 0 Å². The van der Waals surface area contributed by atoms with Crippen LogP contribution in [0.15, 0.2) is 42.5 Å². The van der Waals surface area contributed by atoms with Gasteiger partial charge in [0.05, 0.1) is 12.1 Å². The monoisotopic (exact) mass is 407 g/mol. The van der Waals surface area contributed by atoms with Crippen molar-refractivity contribution in [2.75, 3.05) is 46.9 Å². The third kappa shape index (κ3) is 4.85. The van der Waals surface area contributed by atoms with Crippen LogP contribution in [0.25, 0.3) is 0 Å². The van der Waals surface area contributed by atoms with Gasteiger partial charge in [0.1, 0.15) is 12.4 Å². The van der Waals surface area contributed by atoms with Crippen molar-refractivity contribution in [1.29, 1.82) is 0 Å². The first-order valence-corrected chi connectivity index (χ1v) is 11.0. The van der Waals surface area contributed by atoms with Gasteiger partial charge >= 0.3 is 0 Å². The van der Waals surface area contributed by atoms with Crippen molar-refractivity contribution in [3.8, 4) is 5.75 Å². The van der Waals surface area contributed by atoms with Gasteiger partial charge in [-0.1, -0.05) is 37.3 Å². The molecule has 0 aliphatic carbocycles. The minimum absolute atomic E-state index is 0.0924. The molecule has 5 heteroatoms. The van der Waals surface area contributed by atoms with Crippen molar-refractivity contribution in [2.45, 2.75) is 26.4 Å². The molecule has 1 atom stereocenters. The van der Waals surface area contributed by atoms with Crippen molar-refractivity contribution < 1.29 is 9.53 Å². The molecule has 0 saturated carbocycles. The van der Waals surface area contributed by atoms with Crippen LogP contribution in [0.1, 0.15) is 34.0 Å². The zero-order chi connectivity index (χ0) is 21.1. The molecule has 2 aromatic rings. The summed E-state index contributed by atoms with van der Waals surface area (Å²) in [6, 6.07) is 14.7. The summed E-state index contributed by atoms with van der Waals surface area (Å²) in [6.45, 7) is 8.15. The Morgan fingerprint density at radius 3 is 2.67 bits per heavy atom. The van der Waals surface area contributed by atoms with Gasteiger partial charge in [-0.3, -0.25) is 9.69 Å². The molecule has 0 aromatic heterocycles. The molecule has 30 heavy (non-hydrogen) atoms. The molecule has 0 unspecified atom stereocenters. The summed E-state index contributed by atoms with van der Waals surface area (Å²) in [7, 11) is 4.09. The van der Waals surface area contributed by atoms with Crippen LogP contribution in [-0.4, -0.2) is 67.5 Å². The van der Waals surface area contributed by atoms with Gasteiger partial charge in [-0.2, -0.15) is 0 Å². The fourth-order valence-electron chi connectivity index (χ4n) is 4.62. The number of carbonyl (C=O) groups is 1. The average Bonchev–Trinajstić information content (AvgIpc) is 2.86. The maximum Gasteiger partial charge on any atom is 0.257 e. The number of hydrogen-bond acceptors (Lipinski definition) is 4. The lowest BCUT2D eigenvalue weighted by Crippen LogP contribution is -2.41. The van der Waals surface area contributed by atoms with Crippen molar-refractivity contribution in [1.82, 2.24) is 14.7 Å². The average molecular weight is 408 g/mol. The van der Waals surface area contributed by atoms with Crippen molar-refractivity contribution in [2.24, 2.45) is 5.92 Å². The number of hydrogen-bond donors (Lipinski definition) is 0. The smallest absolute Gasteiger partial charge is 0.257 e. The molecule has 0 fully saturated rings. The van der Waals surface area contributed by atoms with E-state index in [4.69, 9.17) is 4.74 Å². The van der Waals surface area contributed by atoms with E-state index in [-0.39, 0.29) is 5.91 Å².